The minimum atomic E-state index is 0.638. The molecule has 0 N–H and O–H groups in total. The van der Waals surface area contributed by atoms with Crippen molar-refractivity contribution in [3.05, 3.63) is 59.7 Å². The summed E-state index contributed by atoms with van der Waals surface area (Å²) in [5.74, 6) is 1.48. The van der Waals surface area contributed by atoms with Crippen LogP contribution in [0, 0.1) is 0 Å². The van der Waals surface area contributed by atoms with Crippen LogP contribution in [-0.4, -0.2) is 126 Å². The molecule has 0 saturated carbocycles. The Morgan fingerprint density at radius 2 is 1.05 bits per heavy atom. The molecule has 2 saturated heterocycles. The lowest BCUT2D eigenvalue weighted by molar-refractivity contribution is 0.111. The van der Waals surface area contributed by atoms with E-state index in [2.05, 4.69) is 54.6 Å². The third kappa shape index (κ3) is 17.0. The molecule has 0 unspecified atom stereocenters. The van der Waals surface area contributed by atoms with Gasteiger partial charge in [0.1, 0.15) is 24.1 Å². The van der Waals surface area contributed by atoms with Crippen LogP contribution in [-0.2, 0) is 0 Å². The van der Waals surface area contributed by atoms with E-state index in [1.807, 2.05) is 13.8 Å². The summed E-state index contributed by atoms with van der Waals surface area (Å²) >= 11 is 0. The number of hydrogen-bond donors (Lipinski definition) is 0. The Morgan fingerprint density at radius 1 is 0.625 bits per heavy atom. The van der Waals surface area contributed by atoms with Crippen molar-refractivity contribution in [1.29, 1.82) is 0 Å². The predicted molar refractivity (Wildman–Crippen MR) is 167 cm³/mol. The number of benzene rings is 2. The van der Waals surface area contributed by atoms with Gasteiger partial charge < -0.3 is 24.2 Å². The van der Waals surface area contributed by atoms with Crippen molar-refractivity contribution in [3.8, 4) is 11.5 Å². The van der Waals surface area contributed by atoms with Gasteiger partial charge in [-0.15, -0.1) is 0 Å². The molecule has 40 heavy (non-hydrogen) atoms. The SMILES string of the molecule is CC.CC(C)N1CCN(C)CC1.CN1CCN(C)CC1.COc1ccc(C=O)cc1.COc1cccc(C=O)c1. The molecule has 0 bridgehead atoms. The van der Waals surface area contributed by atoms with E-state index in [1.54, 1.807) is 62.8 Å². The molecule has 0 aliphatic carbocycles. The van der Waals surface area contributed by atoms with Crippen LogP contribution in [0.25, 0.3) is 0 Å². The fourth-order valence-corrected chi connectivity index (χ4v) is 3.64. The number of likely N-dealkylation sites (N-methyl/N-ethyl adjacent to an activating group) is 3. The van der Waals surface area contributed by atoms with Gasteiger partial charge in [0.2, 0.25) is 0 Å². The Kier molecular flexibility index (Phi) is 21.4. The van der Waals surface area contributed by atoms with Crippen molar-refractivity contribution >= 4 is 12.6 Å². The molecule has 226 valence electrons. The molecule has 2 heterocycles. The summed E-state index contributed by atoms with van der Waals surface area (Å²) < 4.78 is 9.80. The normalized spacial score (nSPS) is 15.8. The molecular weight excluding hydrogens is 504 g/mol. The molecule has 8 heteroatoms. The van der Waals surface area contributed by atoms with Gasteiger partial charge in [0.25, 0.3) is 0 Å². The van der Waals surface area contributed by atoms with Crippen LogP contribution in [0.2, 0.25) is 0 Å². The van der Waals surface area contributed by atoms with Gasteiger partial charge in [-0.25, -0.2) is 0 Å². The van der Waals surface area contributed by atoms with Crippen LogP contribution < -0.4 is 9.47 Å². The minimum Gasteiger partial charge on any atom is -0.497 e. The Bertz CT molecular complexity index is 882. The van der Waals surface area contributed by atoms with Crippen LogP contribution in [0.5, 0.6) is 11.5 Å². The van der Waals surface area contributed by atoms with Crippen molar-refractivity contribution < 1.29 is 19.1 Å². The Hall–Kier alpha value is -2.78. The van der Waals surface area contributed by atoms with Gasteiger partial charge in [-0.05, 0) is 71.4 Å². The van der Waals surface area contributed by atoms with Crippen molar-refractivity contribution in [2.24, 2.45) is 0 Å². The first-order valence-corrected chi connectivity index (χ1v) is 14.2. The maximum absolute atomic E-state index is 10.2. The van der Waals surface area contributed by atoms with Gasteiger partial charge >= 0.3 is 0 Å². The summed E-state index contributed by atoms with van der Waals surface area (Å²) in [6.45, 7) is 18.4. The van der Waals surface area contributed by atoms with E-state index >= 15 is 0 Å². The van der Waals surface area contributed by atoms with Crippen molar-refractivity contribution in [1.82, 2.24) is 19.6 Å². The molecule has 2 fully saturated rings. The number of methoxy groups -OCH3 is 2. The van der Waals surface area contributed by atoms with Crippen molar-refractivity contribution in [2.75, 3.05) is 87.7 Å². The van der Waals surface area contributed by atoms with E-state index in [0.717, 1.165) is 24.4 Å². The van der Waals surface area contributed by atoms with Crippen LogP contribution >= 0.6 is 0 Å². The van der Waals surface area contributed by atoms with Crippen LogP contribution in [0.4, 0.5) is 0 Å². The number of aldehydes is 2. The Labute approximate surface area is 243 Å². The summed E-state index contributed by atoms with van der Waals surface area (Å²) in [6, 6.07) is 14.7. The highest BCUT2D eigenvalue weighted by molar-refractivity contribution is 5.75. The second kappa shape index (κ2) is 23.0. The monoisotopic (exact) mass is 558 g/mol. The molecule has 0 amide bonds. The van der Waals surface area contributed by atoms with E-state index < -0.39 is 0 Å². The molecule has 2 aromatic rings. The molecule has 2 aliphatic heterocycles. The summed E-state index contributed by atoms with van der Waals surface area (Å²) in [4.78, 5) is 30.0. The Balaban J connectivity index is 0.000000498. The zero-order valence-electron chi connectivity index (χ0n) is 26.4. The molecule has 0 radical (unpaired) electrons. The molecule has 2 aromatic carbocycles. The highest BCUT2D eigenvalue weighted by atomic mass is 16.5. The summed E-state index contributed by atoms with van der Waals surface area (Å²) in [5, 5.41) is 0. The zero-order valence-corrected chi connectivity index (χ0v) is 26.4. The lowest BCUT2D eigenvalue weighted by Gasteiger charge is -2.34. The number of hydrogen-bond acceptors (Lipinski definition) is 8. The third-order valence-electron chi connectivity index (χ3n) is 6.48. The molecule has 0 atom stereocenters. The number of piperazine rings is 2. The van der Waals surface area contributed by atoms with Gasteiger partial charge in [0.05, 0.1) is 14.2 Å². The highest BCUT2D eigenvalue weighted by Crippen LogP contribution is 2.10. The second-order valence-corrected chi connectivity index (χ2v) is 9.83. The standard InChI is InChI=1S/C8H18N2.2C8H8O2.C6H14N2.C2H6/c1-8(2)10-6-4-9(3)5-7-10;1-10-8-4-2-7(6-9)3-5-8;1-10-8-4-2-3-7(5-8)6-9;1-7-3-5-8(2)6-4-7;1-2/h8H,4-7H2,1-3H3;2*2-6H,1H3;3-6H2,1-2H3;1-2H3. The molecule has 0 aromatic heterocycles. The van der Waals surface area contributed by atoms with Gasteiger partial charge in [0.15, 0.2) is 0 Å². The number of nitrogens with zero attached hydrogens (tertiary/aromatic N) is 4. The topological polar surface area (TPSA) is 65.6 Å². The summed E-state index contributed by atoms with van der Waals surface area (Å²) in [5.41, 5.74) is 1.31. The lowest BCUT2D eigenvalue weighted by Crippen LogP contribution is -2.47. The first-order chi connectivity index (χ1) is 19.2. The quantitative estimate of drug-likeness (QED) is 0.496. The van der Waals surface area contributed by atoms with Gasteiger partial charge in [-0.2, -0.15) is 0 Å². The van der Waals surface area contributed by atoms with E-state index in [9.17, 15) is 9.59 Å². The zero-order chi connectivity index (χ0) is 30.3. The van der Waals surface area contributed by atoms with Crippen molar-refractivity contribution in [3.63, 3.8) is 0 Å². The van der Waals surface area contributed by atoms with Crippen LogP contribution in [0.1, 0.15) is 48.4 Å². The van der Waals surface area contributed by atoms with Gasteiger partial charge in [-0.1, -0.05) is 26.0 Å². The first-order valence-electron chi connectivity index (χ1n) is 14.2. The largest absolute Gasteiger partial charge is 0.497 e. The van der Waals surface area contributed by atoms with E-state index in [-0.39, 0.29) is 0 Å². The average molecular weight is 559 g/mol. The molecular formula is C32H54N4O4. The number of carbonyl (C=O) groups is 2. The van der Waals surface area contributed by atoms with E-state index in [0.29, 0.717) is 16.9 Å². The smallest absolute Gasteiger partial charge is 0.150 e. The number of carbonyl (C=O) groups excluding carboxylic acids is 2. The molecule has 0 spiro atoms. The number of ether oxygens (including phenoxy) is 2. The summed E-state index contributed by atoms with van der Waals surface area (Å²) in [7, 11) is 9.71. The van der Waals surface area contributed by atoms with Crippen molar-refractivity contribution in [2.45, 2.75) is 33.7 Å². The van der Waals surface area contributed by atoms with Gasteiger partial charge in [-0.3, -0.25) is 14.5 Å². The fraction of sp³-hybridized carbons (Fsp3) is 0.562. The minimum absolute atomic E-state index is 0.638. The summed E-state index contributed by atoms with van der Waals surface area (Å²) in [6.07, 6.45) is 1.60. The van der Waals surface area contributed by atoms with Crippen LogP contribution in [0.15, 0.2) is 48.5 Å². The average Bonchev–Trinajstić information content (AvgIpc) is 3.01. The van der Waals surface area contributed by atoms with Crippen LogP contribution in [0.3, 0.4) is 0 Å². The molecule has 2 aliphatic rings. The molecule has 8 nitrogen and oxygen atoms in total. The van der Waals surface area contributed by atoms with Gasteiger partial charge in [0, 0.05) is 69.5 Å². The lowest BCUT2D eigenvalue weighted by atomic mass is 10.2. The highest BCUT2D eigenvalue weighted by Gasteiger charge is 2.15. The second-order valence-electron chi connectivity index (χ2n) is 9.83. The first kappa shape index (κ1) is 37.2. The third-order valence-corrected chi connectivity index (χ3v) is 6.48. The fourth-order valence-electron chi connectivity index (χ4n) is 3.64. The maximum Gasteiger partial charge on any atom is 0.150 e. The van der Waals surface area contributed by atoms with E-state index in [4.69, 9.17) is 9.47 Å². The Morgan fingerprint density at radius 3 is 1.43 bits per heavy atom. The molecule has 4 rings (SSSR count). The predicted octanol–water partition coefficient (Wildman–Crippen LogP) is 4.55. The maximum atomic E-state index is 10.2. The van der Waals surface area contributed by atoms with E-state index in [1.165, 1.54) is 52.4 Å². The number of rotatable bonds is 5.